The second-order valence-electron chi connectivity index (χ2n) is 11.8. The lowest BCUT2D eigenvalue weighted by atomic mass is 10.0. The topological polar surface area (TPSA) is 130 Å². The molecule has 0 aromatic heterocycles. The van der Waals surface area contributed by atoms with Crippen LogP contribution in [0, 0.1) is 17.0 Å². The van der Waals surface area contributed by atoms with Crippen LogP contribution in [0.1, 0.15) is 42.4 Å². The van der Waals surface area contributed by atoms with Gasteiger partial charge in [-0.05, 0) is 49.1 Å². The van der Waals surface area contributed by atoms with E-state index in [1.807, 2.05) is 61.5 Å². The molecule has 1 fully saturated rings. The summed E-state index contributed by atoms with van der Waals surface area (Å²) in [6.45, 7) is 1.29. The minimum absolute atomic E-state index is 0.00322. The van der Waals surface area contributed by atoms with Crippen LogP contribution < -0.4 is 9.62 Å². The monoisotopic (exact) mass is 654 g/mol. The average Bonchev–Trinajstić information content (AvgIpc) is 3.59. The van der Waals surface area contributed by atoms with Gasteiger partial charge in [-0.25, -0.2) is 8.42 Å². The molecule has 0 aliphatic heterocycles. The molecule has 5 rings (SSSR count). The third-order valence-corrected chi connectivity index (χ3v) is 10.1. The number of carbonyl (C=O) groups is 2. The van der Waals surface area contributed by atoms with E-state index < -0.39 is 33.4 Å². The van der Waals surface area contributed by atoms with E-state index in [2.05, 4.69) is 5.32 Å². The number of benzene rings is 4. The number of non-ortho nitro benzene ring substituents is 1. The largest absolute Gasteiger partial charge is 0.352 e. The lowest BCUT2D eigenvalue weighted by Gasteiger charge is -2.34. The van der Waals surface area contributed by atoms with Crippen molar-refractivity contribution in [3.05, 3.63) is 136 Å². The summed E-state index contributed by atoms with van der Waals surface area (Å²) < 4.78 is 29.1. The number of hydrogen-bond acceptors (Lipinski definition) is 6. The summed E-state index contributed by atoms with van der Waals surface area (Å²) in [7, 11) is -4.37. The predicted octanol–water partition coefficient (Wildman–Crippen LogP) is 5.80. The Morgan fingerprint density at radius 3 is 2.17 bits per heavy atom. The minimum Gasteiger partial charge on any atom is -0.352 e. The van der Waals surface area contributed by atoms with E-state index in [0.717, 1.165) is 52.7 Å². The maximum atomic E-state index is 14.6. The van der Waals surface area contributed by atoms with E-state index in [-0.39, 0.29) is 41.2 Å². The van der Waals surface area contributed by atoms with Crippen LogP contribution in [0.2, 0.25) is 0 Å². The van der Waals surface area contributed by atoms with Crippen molar-refractivity contribution >= 4 is 33.2 Å². The fraction of sp³-hybridized carbons (Fsp3) is 0.278. The summed E-state index contributed by atoms with van der Waals surface area (Å²) in [4.78, 5) is 41.1. The fourth-order valence-corrected chi connectivity index (χ4v) is 7.37. The molecule has 0 unspecified atom stereocenters. The molecule has 0 bridgehead atoms. The molecule has 11 heteroatoms. The molecular weight excluding hydrogens is 616 g/mol. The molecule has 1 aliphatic rings. The van der Waals surface area contributed by atoms with Gasteiger partial charge >= 0.3 is 0 Å². The SMILES string of the molecule is Cc1cccc(CN(C(=O)CN(c2cccc([N+](=O)[O-])c2)S(=O)(=O)c2ccccc2)[C@@H](Cc2ccccc2)C(=O)NC2CCCC2)c1. The smallest absolute Gasteiger partial charge is 0.271 e. The van der Waals surface area contributed by atoms with Gasteiger partial charge in [-0.15, -0.1) is 0 Å². The maximum absolute atomic E-state index is 14.6. The normalized spacial score (nSPS) is 13.9. The first-order valence-corrected chi connectivity index (χ1v) is 17.1. The molecule has 1 atom stereocenters. The van der Waals surface area contributed by atoms with Crippen LogP contribution in [0.25, 0.3) is 0 Å². The van der Waals surface area contributed by atoms with Crippen molar-refractivity contribution in [1.82, 2.24) is 10.2 Å². The summed E-state index contributed by atoms with van der Waals surface area (Å²) >= 11 is 0. The first-order chi connectivity index (χ1) is 22.6. The van der Waals surface area contributed by atoms with Gasteiger partial charge in [0.05, 0.1) is 15.5 Å². The molecule has 4 aromatic carbocycles. The molecule has 1 N–H and O–H groups in total. The molecule has 47 heavy (non-hydrogen) atoms. The van der Waals surface area contributed by atoms with Gasteiger partial charge in [0.1, 0.15) is 12.6 Å². The van der Waals surface area contributed by atoms with E-state index >= 15 is 0 Å². The summed E-state index contributed by atoms with van der Waals surface area (Å²) in [5.41, 5.74) is 2.22. The van der Waals surface area contributed by atoms with E-state index in [1.54, 1.807) is 18.2 Å². The molecule has 0 radical (unpaired) electrons. The van der Waals surface area contributed by atoms with Crippen molar-refractivity contribution in [2.45, 2.75) is 62.6 Å². The van der Waals surface area contributed by atoms with E-state index in [0.29, 0.717) is 0 Å². The van der Waals surface area contributed by atoms with Gasteiger partial charge in [-0.1, -0.05) is 97.3 Å². The van der Waals surface area contributed by atoms with Crippen molar-refractivity contribution in [3.63, 3.8) is 0 Å². The number of anilines is 1. The van der Waals surface area contributed by atoms with Crippen molar-refractivity contribution in [2.24, 2.45) is 0 Å². The highest BCUT2D eigenvalue weighted by molar-refractivity contribution is 7.92. The Labute approximate surface area is 275 Å². The highest BCUT2D eigenvalue weighted by Crippen LogP contribution is 2.28. The number of nitro benzene ring substituents is 1. The zero-order chi connectivity index (χ0) is 33.4. The molecule has 0 saturated heterocycles. The van der Waals surface area contributed by atoms with Crippen molar-refractivity contribution in [1.29, 1.82) is 0 Å². The van der Waals surface area contributed by atoms with Crippen LogP contribution in [0.3, 0.4) is 0 Å². The van der Waals surface area contributed by atoms with Crippen LogP contribution in [0.4, 0.5) is 11.4 Å². The molecule has 0 spiro atoms. The van der Waals surface area contributed by atoms with Gasteiger partial charge in [-0.2, -0.15) is 0 Å². The summed E-state index contributed by atoms with van der Waals surface area (Å²) in [5.74, 6) is -0.936. The Morgan fingerprint density at radius 1 is 0.872 bits per heavy atom. The fourth-order valence-electron chi connectivity index (χ4n) is 5.94. The van der Waals surface area contributed by atoms with Gasteiger partial charge in [0.2, 0.25) is 11.8 Å². The van der Waals surface area contributed by atoms with E-state index in [1.165, 1.54) is 35.2 Å². The first-order valence-electron chi connectivity index (χ1n) is 15.6. The van der Waals surface area contributed by atoms with Crippen LogP contribution in [0.15, 0.2) is 114 Å². The number of carbonyl (C=O) groups excluding carboxylic acids is 2. The second kappa shape index (κ2) is 15.0. The lowest BCUT2D eigenvalue weighted by molar-refractivity contribution is -0.384. The first kappa shape index (κ1) is 33.3. The van der Waals surface area contributed by atoms with Gasteiger partial charge in [0.15, 0.2) is 0 Å². The lowest BCUT2D eigenvalue weighted by Crippen LogP contribution is -2.54. The third kappa shape index (κ3) is 8.42. The molecule has 4 aromatic rings. The molecule has 1 saturated carbocycles. The Balaban J connectivity index is 1.58. The van der Waals surface area contributed by atoms with E-state index in [4.69, 9.17) is 0 Å². The Morgan fingerprint density at radius 2 is 1.51 bits per heavy atom. The van der Waals surface area contributed by atoms with Gasteiger partial charge in [-0.3, -0.25) is 24.0 Å². The number of amides is 2. The Bertz CT molecular complexity index is 1810. The summed E-state index contributed by atoms with van der Waals surface area (Å²) in [6.07, 6.45) is 3.93. The summed E-state index contributed by atoms with van der Waals surface area (Å²) in [6, 6.07) is 28.8. The Kier molecular flexibility index (Phi) is 10.7. The molecule has 244 valence electrons. The van der Waals surface area contributed by atoms with Crippen molar-refractivity contribution < 1.29 is 22.9 Å². The quantitative estimate of drug-likeness (QED) is 0.143. The standard InChI is InChI=1S/C36H38N4O6S/c1-27-12-10-15-29(22-27)25-38(34(23-28-13-4-2-5-14-28)36(42)37-30-16-8-9-17-30)35(41)26-39(31-18-11-19-32(24-31)40(43)44)47(45,46)33-20-6-3-7-21-33/h2-7,10-15,18-22,24,30,34H,8-9,16-17,23,25-26H2,1H3,(H,37,42)/t34-/m0/s1. The minimum atomic E-state index is -4.37. The van der Waals surface area contributed by atoms with Crippen molar-refractivity contribution in [2.75, 3.05) is 10.8 Å². The number of aryl methyl sites for hydroxylation is 1. The highest BCUT2D eigenvalue weighted by atomic mass is 32.2. The Hall–Kier alpha value is -5.03. The van der Waals surface area contributed by atoms with Crippen molar-refractivity contribution in [3.8, 4) is 0 Å². The number of hydrogen-bond donors (Lipinski definition) is 1. The second-order valence-corrected chi connectivity index (χ2v) is 13.7. The van der Waals surface area contributed by atoms with Crippen LogP contribution in [-0.2, 0) is 32.6 Å². The summed E-state index contributed by atoms with van der Waals surface area (Å²) in [5, 5.41) is 14.8. The molecule has 1 aliphatic carbocycles. The van der Waals surface area contributed by atoms with Crippen LogP contribution in [-0.4, -0.2) is 48.7 Å². The number of nitrogens with zero attached hydrogens (tertiary/aromatic N) is 3. The number of nitro groups is 1. The van der Waals surface area contributed by atoms with Gasteiger partial charge < -0.3 is 10.2 Å². The molecule has 10 nitrogen and oxygen atoms in total. The third-order valence-electron chi connectivity index (χ3n) is 8.35. The van der Waals surface area contributed by atoms with Crippen LogP contribution in [0.5, 0.6) is 0 Å². The van der Waals surface area contributed by atoms with Gasteiger partial charge in [0.25, 0.3) is 15.7 Å². The van der Waals surface area contributed by atoms with Crippen LogP contribution >= 0.6 is 0 Å². The average molecular weight is 655 g/mol. The molecule has 2 amide bonds. The zero-order valence-electron chi connectivity index (χ0n) is 26.2. The number of sulfonamides is 1. The van der Waals surface area contributed by atoms with E-state index in [9.17, 15) is 28.1 Å². The highest BCUT2D eigenvalue weighted by Gasteiger charge is 2.36. The maximum Gasteiger partial charge on any atom is 0.271 e. The van der Waals surface area contributed by atoms with Gasteiger partial charge in [0, 0.05) is 31.1 Å². The molecule has 0 heterocycles. The zero-order valence-corrected chi connectivity index (χ0v) is 27.0. The predicted molar refractivity (Wildman–Crippen MR) is 180 cm³/mol. The number of rotatable bonds is 13. The molecular formula is C36H38N4O6S. The number of nitrogens with one attached hydrogen (secondary N) is 1.